The van der Waals surface area contributed by atoms with E-state index >= 15 is 0 Å². The van der Waals surface area contributed by atoms with Crippen LogP contribution in [0.1, 0.15) is 27.2 Å². The third kappa shape index (κ3) is 3.89. The Morgan fingerprint density at radius 2 is 1.90 bits per heavy atom. The number of nitrogens with one attached hydrogen (secondary N) is 2. The van der Waals surface area contributed by atoms with Crippen molar-refractivity contribution >= 4 is 45.8 Å². The van der Waals surface area contributed by atoms with E-state index < -0.39 is 0 Å². The van der Waals surface area contributed by atoms with Crippen LogP contribution in [-0.2, 0) is 4.79 Å². The lowest BCUT2D eigenvalue weighted by Gasteiger charge is -2.13. The number of benzene rings is 2. The maximum absolute atomic E-state index is 12.6. The molecule has 1 aliphatic rings. The monoisotopic (exact) mass is 419 g/mol. The number of imide groups is 1. The van der Waals surface area contributed by atoms with E-state index in [0.717, 1.165) is 39.5 Å². The lowest BCUT2D eigenvalue weighted by Crippen LogP contribution is -2.37. The van der Waals surface area contributed by atoms with Crippen LogP contribution in [0.4, 0.5) is 4.79 Å². The number of carbonyl (C=O) groups is 3. The molecule has 1 fully saturated rings. The number of aryl methyl sites for hydroxylation is 2. The molecule has 0 atom stereocenters. The summed E-state index contributed by atoms with van der Waals surface area (Å²) in [5.74, 6) is -0.565. The smallest absolute Gasteiger partial charge is 0.293 e. The van der Waals surface area contributed by atoms with Gasteiger partial charge in [-0.3, -0.25) is 19.3 Å². The Morgan fingerprint density at radius 3 is 2.67 bits per heavy atom. The molecule has 0 saturated carbocycles. The molecule has 0 bridgehead atoms. The second-order valence-corrected chi connectivity index (χ2v) is 8.13. The summed E-state index contributed by atoms with van der Waals surface area (Å²) in [7, 11) is 0. The van der Waals surface area contributed by atoms with Crippen molar-refractivity contribution in [2.45, 2.75) is 13.8 Å². The summed E-state index contributed by atoms with van der Waals surface area (Å²) in [5, 5.41) is 3.49. The first-order chi connectivity index (χ1) is 14.4. The first-order valence-corrected chi connectivity index (χ1v) is 10.4. The van der Waals surface area contributed by atoms with Gasteiger partial charge < -0.3 is 10.3 Å². The van der Waals surface area contributed by atoms with Crippen LogP contribution in [0.25, 0.3) is 17.0 Å². The topological polar surface area (TPSA) is 82.3 Å². The van der Waals surface area contributed by atoms with Crippen LogP contribution >= 0.6 is 11.8 Å². The van der Waals surface area contributed by atoms with Gasteiger partial charge in [-0.15, -0.1) is 0 Å². The van der Waals surface area contributed by atoms with Gasteiger partial charge in [0.2, 0.25) is 0 Å². The number of aromatic nitrogens is 1. The highest BCUT2D eigenvalue weighted by Crippen LogP contribution is 2.31. The van der Waals surface area contributed by atoms with E-state index in [9.17, 15) is 14.4 Å². The third-order valence-electron chi connectivity index (χ3n) is 5.16. The fourth-order valence-electron chi connectivity index (χ4n) is 3.38. The Hall–Kier alpha value is -3.32. The number of hydrogen-bond donors (Lipinski definition) is 2. The Morgan fingerprint density at radius 1 is 1.13 bits per heavy atom. The molecule has 0 spiro atoms. The number of aromatic amines is 1. The van der Waals surface area contributed by atoms with Crippen molar-refractivity contribution in [1.29, 1.82) is 0 Å². The van der Waals surface area contributed by atoms with Gasteiger partial charge >= 0.3 is 0 Å². The number of nitrogens with zero attached hydrogens (tertiary/aromatic N) is 1. The summed E-state index contributed by atoms with van der Waals surface area (Å²) >= 11 is 0.920. The molecule has 3 amide bonds. The normalized spacial score (nSPS) is 15.4. The van der Waals surface area contributed by atoms with Gasteiger partial charge in [0.25, 0.3) is 17.1 Å². The molecule has 4 rings (SSSR count). The Balaban J connectivity index is 1.38. The van der Waals surface area contributed by atoms with Crippen molar-refractivity contribution in [3.8, 4) is 0 Å². The molecule has 1 saturated heterocycles. The van der Waals surface area contributed by atoms with Gasteiger partial charge in [-0.05, 0) is 61.0 Å². The maximum Gasteiger partial charge on any atom is 0.293 e. The number of amides is 3. The quantitative estimate of drug-likeness (QED) is 0.606. The number of H-pyrrole nitrogens is 1. The van der Waals surface area contributed by atoms with Crippen molar-refractivity contribution in [2.75, 3.05) is 13.1 Å². The SMILES string of the molecule is Cc1[nH]c2ccc(C(=O)NCCN3C(=O)S/C(=C\c4ccccc4)C3=O)cc2c1C. The zero-order chi connectivity index (χ0) is 21.3. The summed E-state index contributed by atoms with van der Waals surface area (Å²) in [4.78, 5) is 42.1. The van der Waals surface area contributed by atoms with E-state index in [0.29, 0.717) is 10.5 Å². The number of fused-ring (bicyclic) bond motifs is 1. The summed E-state index contributed by atoms with van der Waals surface area (Å²) in [6.07, 6.45) is 1.71. The van der Waals surface area contributed by atoms with Crippen LogP contribution < -0.4 is 5.32 Å². The van der Waals surface area contributed by atoms with E-state index in [1.165, 1.54) is 4.90 Å². The fraction of sp³-hybridized carbons (Fsp3) is 0.174. The summed E-state index contributed by atoms with van der Waals surface area (Å²) in [6.45, 7) is 4.34. The molecule has 0 aliphatic carbocycles. The van der Waals surface area contributed by atoms with Gasteiger partial charge in [0.1, 0.15) is 0 Å². The number of carbonyl (C=O) groups excluding carboxylic acids is 3. The van der Waals surface area contributed by atoms with Gasteiger partial charge in [-0.25, -0.2) is 0 Å². The average molecular weight is 420 g/mol. The molecule has 152 valence electrons. The van der Waals surface area contributed by atoms with Crippen molar-refractivity contribution < 1.29 is 14.4 Å². The van der Waals surface area contributed by atoms with Crippen molar-refractivity contribution in [3.05, 3.63) is 75.8 Å². The molecule has 2 aromatic carbocycles. The van der Waals surface area contributed by atoms with Gasteiger partial charge in [0.15, 0.2) is 0 Å². The first kappa shape index (κ1) is 20.0. The summed E-state index contributed by atoms with van der Waals surface area (Å²) < 4.78 is 0. The van der Waals surface area contributed by atoms with Gasteiger partial charge in [-0.2, -0.15) is 0 Å². The van der Waals surface area contributed by atoms with Crippen molar-refractivity contribution in [3.63, 3.8) is 0 Å². The molecule has 0 radical (unpaired) electrons. The standard InChI is InChI=1S/C23H21N3O3S/c1-14-15(2)25-19-9-8-17(13-18(14)19)21(27)24-10-11-26-22(28)20(30-23(26)29)12-16-6-4-3-5-7-16/h3-9,12-13,25H,10-11H2,1-2H3,(H,24,27)/b20-12-. The van der Waals surface area contributed by atoms with E-state index in [4.69, 9.17) is 0 Å². The minimum absolute atomic E-state index is 0.132. The maximum atomic E-state index is 12.6. The second kappa shape index (κ2) is 8.20. The first-order valence-electron chi connectivity index (χ1n) is 9.61. The van der Waals surface area contributed by atoms with Crippen LogP contribution in [0, 0.1) is 13.8 Å². The predicted molar refractivity (Wildman–Crippen MR) is 119 cm³/mol. The highest BCUT2D eigenvalue weighted by atomic mass is 32.2. The summed E-state index contributed by atoms with van der Waals surface area (Å²) in [6, 6.07) is 14.9. The zero-order valence-electron chi connectivity index (χ0n) is 16.7. The Bertz CT molecular complexity index is 1180. The highest BCUT2D eigenvalue weighted by Gasteiger charge is 2.34. The van der Waals surface area contributed by atoms with Gasteiger partial charge in [0.05, 0.1) is 4.91 Å². The molecule has 2 heterocycles. The predicted octanol–water partition coefficient (Wildman–Crippen LogP) is 4.25. The van der Waals surface area contributed by atoms with E-state index in [1.807, 2.05) is 56.3 Å². The molecule has 1 aliphatic heterocycles. The molecule has 2 N–H and O–H groups in total. The van der Waals surface area contributed by atoms with Gasteiger partial charge in [-0.1, -0.05) is 30.3 Å². The lowest BCUT2D eigenvalue weighted by molar-refractivity contribution is -0.122. The molecular formula is C23H21N3O3S. The number of rotatable bonds is 5. The highest BCUT2D eigenvalue weighted by molar-refractivity contribution is 8.18. The molecule has 6 nitrogen and oxygen atoms in total. The Kier molecular flexibility index (Phi) is 5.46. The summed E-state index contributed by atoms with van der Waals surface area (Å²) in [5.41, 5.74) is 4.59. The van der Waals surface area contributed by atoms with E-state index in [1.54, 1.807) is 12.1 Å². The number of hydrogen-bond acceptors (Lipinski definition) is 4. The van der Waals surface area contributed by atoms with Crippen LogP contribution in [0.2, 0.25) is 0 Å². The number of thioether (sulfide) groups is 1. The van der Waals surface area contributed by atoms with Gasteiger partial charge in [0, 0.05) is 35.2 Å². The zero-order valence-corrected chi connectivity index (χ0v) is 17.5. The molecule has 1 aromatic heterocycles. The van der Waals surface area contributed by atoms with E-state index in [2.05, 4.69) is 10.3 Å². The molecule has 7 heteroatoms. The molecular weight excluding hydrogens is 398 g/mol. The largest absolute Gasteiger partial charge is 0.358 e. The van der Waals surface area contributed by atoms with Crippen LogP contribution in [0.3, 0.4) is 0 Å². The minimum Gasteiger partial charge on any atom is -0.358 e. The van der Waals surface area contributed by atoms with Crippen molar-refractivity contribution in [1.82, 2.24) is 15.2 Å². The van der Waals surface area contributed by atoms with Crippen LogP contribution in [0.5, 0.6) is 0 Å². The van der Waals surface area contributed by atoms with E-state index in [-0.39, 0.29) is 30.1 Å². The molecule has 0 unspecified atom stereocenters. The third-order valence-corrected chi connectivity index (χ3v) is 6.07. The molecule has 3 aromatic rings. The van der Waals surface area contributed by atoms with Crippen LogP contribution in [0.15, 0.2) is 53.4 Å². The second-order valence-electron chi connectivity index (χ2n) is 7.14. The Labute approximate surface area is 178 Å². The average Bonchev–Trinajstić information content (AvgIpc) is 3.18. The van der Waals surface area contributed by atoms with Crippen LogP contribution in [-0.4, -0.2) is 40.0 Å². The minimum atomic E-state index is -0.331. The lowest BCUT2D eigenvalue weighted by atomic mass is 10.1. The fourth-order valence-corrected chi connectivity index (χ4v) is 4.24. The van der Waals surface area contributed by atoms with Crippen molar-refractivity contribution in [2.24, 2.45) is 0 Å². The molecule has 30 heavy (non-hydrogen) atoms.